The van der Waals surface area contributed by atoms with Gasteiger partial charge in [0.15, 0.2) is 0 Å². The Kier molecular flexibility index (Phi) is 2.70. The van der Waals surface area contributed by atoms with Gasteiger partial charge in [0.05, 0.1) is 11.1 Å². The van der Waals surface area contributed by atoms with Gasteiger partial charge in [-0.2, -0.15) is 0 Å². The van der Waals surface area contributed by atoms with Crippen LogP contribution in [0.3, 0.4) is 0 Å². The maximum atomic E-state index is 10.9. The van der Waals surface area contributed by atoms with Crippen LogP contribution in [0.4, 0.5) is 0 Å². The van der Waals surface area contributed by atoms with Crippen LogP contribution in [-0.2, 0) is 4.74 Å². The molecule has 0 N–H and O–H groups in total. The second-order valence-electron chi connectivity index (χ2n) is 1.85. The molecule has 1 rings (SSSR count). The number of furan rings is 1. The molecule has 0 unspecified atom stereocenters. The number of carbonyl (C=O) groups is 1. The van der Waals surface area contributed by atoms with Crippen molar-refractivity contribution in [1.29, 1.82) is 0 Å². The summed E-state index contributed by atoms with van der Waals surface area (Å²) < 4.78 is 10.3. The average molecular weight is 219 g/mol. The molecule has 0 aliphatic rings. The Morgan fingerprint density at radius 3 is 3.00 bits per heavy atom. The summed E-state index contributed by atoms with van der Waals surface area (Å²) in [5.41, 5.74) is 0. The lowest BCUT2D eigenvalue weighted by molar-refractivity contribution is 0.0490. The van der Waals surface area contributed by atoms with Crippen LogP contribution in [0.1, 0.15) is 17.5 Å². The van der Waals surface area contributed by atoms with Crippen molar-refractivity contribution < 1.29 is 13.9 Å². The number of hydrogen-bond acceptors (Lipinski definition) is 3. The Balaban J connectivity index is 2.69. The van der Waals surface area contributed by atoms with Crippen LogP contribution >= 0.6 is 15.9 Å². The molecule has 0 amide bonds. The van der Waals surface area contributed by atoms with Crippen molar-refractivity contribution in [3.63, 3.8) is 0 Å². The van der Waals surface area contributed by atoms with Gasteiger partial charge in [-0.15, -0.1) is 0 Å². The SMILES string of the molecule is CCOC(=O)c1cc(Br)co1. The van der Waals surface area contributed by atoms with Crippen molar-refractivity contribution in [1.82, 2.24) is 0 Å². The van der Waals surface area contributed by atoms with Crippen molar-refractivity contribution in [2.45, 2.75) is 6.92 Å². The number of carbonyl (C=O) groups excluding carboxylic acids is 1. The van der Waals surface area contributed by atoms with Gasteiger partial charge in [0.2, 0.25) is 5.76 Å². The third kappa shape index (κ3) is 2.08. The van der Waals surface area contributed by atoms with Gasteiger partial charge in [-0.1, -0.05) is 0 Å². The van der Waals surface area contributed by atoms with E-state index >= 15 is 0 Å². The minimum Gasteiger partial charge on any atom is -0.460 e. The number of rotatable bonds is 2. The quantitative estimate of drug-likeness (QED) is 0.716. The lowest BCUT2D eigenvalue weighted by atomic mass is 10.5. The molecule has 1 aromatic rings. The maximum absolute atomic E-state index is 10.9. The first kappa shape index (κ1) is 8.33. The third-order valence-corrected chi connectivity index (χ3v) is 1.46. The summed E-state index contributed by atoms with van der Waals surface area (Å²) in [7, 11) is 0. The average Bonchev–Trinajstić information content (AvgIpc) is 2.36. The summed E-state index contributed by atoms with van der Waals surface area (Å²) in [6, 6.07) is 1.57. The highest BCUT2D eigenvalue weighted by atomic mass is 79.9. The Labute approximate surface area is 72.5 Å². The molecule has 0 aliphatic heterocycles. The van der Waals surface area contributed by atoms with Crippen molar-refractivity contribution in [2.75, 3.05) is 6.61 Å². The van der Waals surface area contributed by atoms with E-state index in [0.717, 1.165) is 4.47 Å². The van der Waals surface area contributed by atoms with E-state index in [9.17, 15) is 4.79 Å². The van der Waals surface area contributed by atoms with E-state index in [1.54, 1.807) is 13.0 Å². The third-order valence-electron chi connectivity index (χ3n) is 1.04. The highest BCUT2D eigenvalue weighted by molar-refractivity contribution is 9.10. The Morgan fingerprint density at radius 1 is 1.82 bits per heavy atom. The molecule has 1 aromatic heterocycles. The Bertz CT molecular complexity index is 254. The lowest BCUT2D eigenvalue weighted by Crippen LogP contribution is -2.02. The molecule has 11 heavy (non-hydrogen) atoms. The largest absolute Gasteiger partial charge is 0.460 e. The fourth-order valence-electron chi connectivity index (χ4n) is 0.622. The first-order valence-corrected chi connectivity index (χ1v) is 3.94. The van der Waals surface area contributed by atoms with E-state index in [4.69, 9.17) is 4.42 Å². The molecular weight excluding hydrogens is 212 g/mol. The van der Waals surface area contributed by atoms with Gasteiger partial charge in [-0.3, -0.25) is 0 Å². The van der Waals surface area contributed by atoms with Crippen molar-refractivity contribution in [3.8, 4) is 0 Å². The molecule has 0 fully saturated rings. The molecule has 4 heteroatoms. The summed E-state index contributed by atoms with van der Waals surface area (Å²) in [5.74, 6) is -0.211. The van der Waals surface area contributed by atoms with Gasteiger partial charge >= 0.3 is 5.97 Å². The van der Waals surface area contributed by atoms with E-state index in [1.807, 2.05) is 0 Å². The number of ether oxygens (including phenoxy) is 1. The van der Waals surface area contributed by atoms with Gasteiger partial charge in [-0.25, -0.2) is 4.79 Å². The summed E-state index contributed by atoms with van der Waals surface area (Å²) in [6.07, 6.45) is 1.44. The lowest BCUT2D eigenvalue weighted by Gasteiger charge is -1.95. The van der Waals surface area contributed by atoms with Crippen LogP contribution in [-0.4, -0.2) is 12.6 Å². The predicted octanol–water partition coefficient (Wildman–Crippen LogP) is 2.22. The van der Waals surface area contributed by atoms with Crippen LogP contribution in [0.25, 0.3) is 0 Å². The summed E-state index contributed by atoms with van der Waals surface area (Å²) in [6.45, 7) is 2.10. The zero-order valence-corrected chi connectivity index (χ0v) is 7.55. The molecule has 3 nitrogen and oxygen atoms in total. The zero-order chi connectivity index (χ0) is 8.27. The zero-order valence-electron chi connectivity index (χ0n) is 5.96. The van der Waals surface area contributed by atoms with Crippen LogP contribution in [0.15, 0.2) is 21.2 Å². The molecule has 0 aliphatic carbocycles. The van der Waals surface area contributed by atoms with Crippen LogP contribution in [0, 0.1) is 0 Å². The molecule has 0 atom stereocenters. The molecule has 1 heterocycles. The van der Waals surface area contributed by atoms with Gasteiger partial charge in [0, 0.05) is 6.07 Å². The van der Waals surface area contributed by atoms with Gasteiger partial charge < -0.3 is 9.15 Å². The van der Waals surface area contributed by atoms with E-state index in [1.165, 1.54) is 6.26 Å². The minimum absolute atomic E-state index is 0.221. The van der Waals surface area contributed by atoms with Gasteiger partial charge in [0.25, 0.3) is 0 Å². The standard InChI is InChI=1S/C7H7BrO3/c1-2-10-7(9)6-3-5(8)4-11-6/h3-4H,2H2,1H3. The molecule has 0 saturated heterocycles. The molecular formula is C7H7BrO3. The van der Waals surface area contributed by atoms with Gasteiger partial charge in [0.1, 0.15) is 6.26 Å². The highest BCUT2D eigenvalue weighted by Gasteiger charge is 2.10. The Hall–Kier alpha value is -0.770. The molecule has 0 bridgehead atoms. The van der Waals surface area contributed by atoms with Crippen molar-refractivity contribution in [3.05, 3.63) is 22.6 Å². The van der Waals surface area contributed by atoms with E-state index < -0.39 is 5.97 Å². The van der Waals surface area contributed by atoms with Gasteiger partial charge in [-0.05, 0) is 22.9 Å². The van der Waals surface area contributed by atoms with Crippen molar-refractivity contribution >= 4 is 21.9 Å². The maximum Gasteiger partial charge on any atom is 0.374 e. The highest BCUT2D eigenvalue weighted by Crippen LogP contribution is 2.14. The number of hydrogen-bond donors (Lipinski definition) is 0. The molecule has 0 saturated carbocycles. The molecule has 0 aromatic carbocycles. The Morgan fingerprint density at radius 2 is 2.55 bits per heavy atom. The second-order valence-corrected chi connectivity index (χ2v) is 2.77. The first-order chi connectivity index (χ1) is 5.24. The summed E-state index contributed by atoms with van der Waals surface area (Å²) in [5, 5.41) is 0. The molecule has 0 radical (unpaired) electrons. The second kappa shape index (κ2) is 3.57. The van der Waals surface area contributed by atoms with Crippen LogP contribution in [0.2, 0.25) is 0 Å². The van der Waals surface area contributed by atoms with E-state index in [2.05, 4.69) is 20.7 Å². The van der Waals surface area contributed by atoms with Crippen LogP contribution < -0.4 is 0 Å². The molecule has 60 valence electrons. The smallest absolute Gasteiger partial charge is 0.374 e. The minimum atomic E-state index is -0.432. The van der Waals surface area contributed by atoms with E-state index in [0.29, 0.717) is 6.61 Å². The first-order valence-electron chi connectivity index (χ1n) is 3.15. The normalized spacial score (nSPS) is 9.64. The molecule has 0 spiro atoms. The monoisotopic (exact) mass is 218 g/mol. The summed E-state index contributed by atoms with van der Waals surface area (Å²) in [4.78, 5) is 10.9. The van der Waals surface area contributed by atoms with E-state index in [-0.39, 0.29) is 5.76 Å². The topological polar surface area (TPSA) is 39.4 Å². The predicted molar refractivity (Wildman–Crippen MR) is 42.4 cm³/mol. The summed E-state index contributed by atoms with van der Waals surface area (Å²) >= 11 is 3.15. The van der Waals surface area contributed by atoms with Crippen LogP contribution in [0.5, 0.6) is 0 Å². The van der Waals surface area contributed by atoms with Crippen molar-refractivity contribution in [2.24, 2.45) is 0 Å². The fraction of sp³-hybridized carbons (Fsp3) is 0.286. The fourth-order valence-corrected chi connectivity index (χ4v) is 0.924. The number of halogens is 1. The number of esters is 1.